The van der Waals surface area contributed by atoms with Crippen molar-refractivity contribution < 1.29 is 14.6 Å². The van der Waals surface area contributed by atoms with Gasteiger partial charge in [-0.05, 0) is 29.8 Å². The zero-order valence-electron chi connectivity index (χ0n) is 11.8. The Balaban J connectivity index is 1.85. The third kappa shape index (κ3) is 3.05. The van der Waals surface area contributed by atoms with Gasteiger partial charge in [0.15, 0.2) is 0 Å². The number of ether oxygens (including phenoxy) is 1. The lowest BCUT2D eigenvalue weighted by Crippen LogP contribution is -2.33. The van der Waals surface area contributed by atoms with Crippen molar-refractivity contribution >= 4 is 17.5 Å². The minimum absolute atomic E-state index is 0.0417. The number of nitrogens with zero attached hydrogens (tertiary/aromatic N) is 2. The van der Waals surface area contributed by atoms with Crippen molar-refractivity contribution in [3.05, 3.63) is 58.4 Å². The molecule has 0 spiro atoms. The number of carbonyl (C=O) groups excluding carboxylic acids is 1. The van der Waals surface area contributed by atoms with Crippen LogP contribution in [0.4, 0.5) is 0 Å². The number of halogens is 1. The molecule has 22 heavy (non-hydrogen) atoms. The van der Waals surface area contributed by atoms with Gasteiger partial charge in [0, 0.05) is 18.3 Å². The minimum atomic E-state index is -0.164. The molecule has 0 saturated carbocycles. The number of carbonyl (C=O) groups is 1. The van der Waals surface area contributed by atoms with Crippen molar-refractivity contribution in [2.24, 2.45) is 0 Å². The molecule has 0 bridgehead atoms. The molecule has 3 rings (SSSR count). The summed E-state index contributed by atoms with van der Waals surface area (Å²) in [6, 6.07) is 8.76. The summed E-state index contributed by atoms with van der Waals surface area (Å²) in [5.41, 5.74) is 2.03. The monoisotopic (exact) mass is 318 g/mol. The second-order valence-electron chi connectivity index (χ2n) is 5.04. The number of aliphatic hydroxyl groups is 1. The molecule has 0 fully saturated rings. The molecule has 0 atom stereocenters. The van der Waals surface area contributed by atoms with Gasteiger partial charge in [0.05, 0.1) is 18.2 Å². The Kier molecular flexibility index (Phi) is 4.27. The molecule has 114 valence electrons. The van der Waals surface area contributed by atoms with Gasteiger partial charge in [0.25, 0.3) is 5.91 Å². The molecule has 6 heteroatoms. The van der Waals surface area contributed by atoms with Gasteiger partial charge >= 0.3 is 0 Å². The summed E-state index contributed by atoms with van der Waals surface area (Å²) in [5, 5.41) is 9.74. The van der Waals surface area contributed by atoms with Crippen LogP contribution in [0.3, 0.4) is 0 Å². The summed E-state index contributed by atoms with van der Waals surface area (Å²) >= 11 is 5.80. The molecule has 2 aromatic rings. The number of fused-ring (bicyclic) bond motifs is 1. The summed E-state index contributed by atoms with van der Waals surface area (Å²) in [7, 11) is 0. The van der Waals surface area contributed by atoms with E-state index in [0.29, 0.717) is 30.4 Å². The Morgan fingerprint density at radius 1 is 1.36 bits per heavy atom. The fraction of sp³-hybridized carbons (Fsp3) is 0.250. The van der Waals surface area contributed by atoms with E-state index in [0.717, 1.165) is 16.9 Å². The fourth-order valence-electron chi connectivity index (χ4n) is 2.38. The first kappa shape index (κ1) is 14.8. The first-order valence-corrected chi connectivity index (χ1v) is 7.31. The smallest absolute Gasteiger partial charge is 0.272 e. The standard InChI is InChI=1S/C16H15ClN2O3/c17-13-2-3-14(18-8-13)16(21)19-5-6-22-15-4-1-11(10-20)7-12(15)9-19/h1-4,7-8,20H,5-6,9-10H2. The van der Waals surface area contributed by atoms with Crippen LogP contribution in [0.1, 0.15) is 21.6 Å². The van der Waals surface area contributed by atoms with Gasteiger partial charge in [-0.15, -0.1) is 0 Å². The Hall–Kier alpha value is -2.11. The average Bonchev–Trinajstić information content (AvgIpc) is 2.76. The third-order valence-corrected chi connectivity index (χ3v) is 3.74. The molecule has 2 heterocycles. The zero-order chi connectivity index (χ0) is 15.5. The number of aromatic nitrogens is 1. The summed E-state index contributed by atoms with van der Waals surface area (Å²) < 4.78 is 5.67. The van der Waals surface area contributed by atoms with Gasteiger partial charge in [-0.1, -0.05) is 17.7 Å². The minimum Gasteiger partial charge on any atom is -0.491 e. The molecule has 1 aliphatic heterocycles. The quantitative estimate of drug-likeness (QED) is 0.922. The van der Waals surface area contributed by atoms with Crippen molar-refractivity contribution in [3.63, 3.8) is 0 Å². The number of hydrogen-bond acceptors (Lipinski definition) is 4. The molecule has 0 aliphatic carbocycles. The van der Waals surface area contributed by atoms with Crippen LogP contribution in [0, 0.1) is 0 Å². The SMILES string of the molecule is O=C(c1ccc(Cl)cn1)N1CCOc2ccc(CO)cc2C1. The van der Waals surface area contributed by atoms with Crippen molar-refractivity contribution in [2.45, 2.75) is 13.2 Å². The lowest BCUT2D eigenvalue weighted by atomic mass is 10.1. The van der Waals surface area contributed by atoms with Gasteiger partial charge < -0.3 is 14.7 Å². The topological polar surface area (TPSA) is 62.7 Å². The Labute approximate surface area is 133 Å². The van der Waals surface area contributed by atoms with E-state index >= 15 is 0 Å². The largest absolute Gasteiger partial charge is 0.491 e. The number of benzene rings is 1. The van der Waals surface area contributed by atoms with Gasteiger partial charge in [0.1, 0.15) is 18.1 Å². The molecular formula is C16H15ClN2O3. The van der Waals surface area contributed by atoms with Crippen molar-refractivity contribution in [3.8, 4) is 5.75 Å². The summed E-state index contributed by atoms with van der Waals surface area (Å²) in [4.78, 5) is 18.3. The number of hydrogen-bond donors (Lipinski definition) is 1. The van der Waals surface area contributed by atoms with E-state index in [1.165, 1.54) is 6.20 Å². The number of amides is 1. The predicted octanol–water partition coefficient (Wildman–Crippen LogP) is 2.26. The summed E-state index contributed by atoms with van der Waals surface area (Å²) in [6.07, 6.45) is 1.46. The molecule has 1 aromatic carbocycles. The second kappa shape index (κ2) is 6.34. The number of pyridine rings is 1. The van der Waals surface area contributed by atoms with Crippen molar-refractivity contribution in [2.75, 3.05) is 13.2 Å². The van der Waals surface area contributed by atoms with Crippen LogP contribution in [0.2, 0.25) is 5.02 Å². The Bertz CT molecular complexity index is 688. The van der Waals surface area contributed by atoms with E-state index in [2.05, 4.69) is 4.98 Å². The van der Waals surface area contributed by atoms with Crippen molar-refractivity contribution in [1.29, 1.82) is 0 Å². The van der Waals surface area contributed by atoms with Crippen LogP contribution in [0.25, 0.3) is 0 Å². The van der Waals surface area contributed by atoms with E-state index in [9.17, 15) is 9.90 Å². The van der Waals surface area contributed by atoms with Crippen LogP contribution >= 0.6 is 11.6 Å². The third-order valence-electron chi connectivity index (χ3n) is 3.52. The maximum absolute atomic E-state index is 12.5. The van der Waals surface area contributed by atoms with Gasteiger partial charge in [-0.3, -0.25) is 4.79 Å². The highest BCUT2D eigenvalue weighted by atomic mass is 35.5. The first-order chi connectivity index (χ1) is 10.7. The summed E-state index contributed by atoms with van der Waals surface area (Å²) in [6.45, 7) is 1.28. The Morgan fingerprint density at radius 3 is 2.95 bits per heavy atom. The van der Waals surface area contributed by atoms with Crippen molar-refractivity contribution in [1.82, 2.24) is 9.88 Å². The molecule has 5 nitrogen and oxygen atoms in total. The lowest BCUT2D eigenvalue weighted by molar-refractivity contribution is 0.0727. The molecular weight excluding hydrogens is 304 g/mol. The molecule has 0 unspecified atom stereocenters. The van der Waals surface area contributed by atoms with E-state index in [1.54, 1.807) is 17.0 Å². The fourth-order valence-corrected chi connectivity index (χ4v) is 2.50. The Morgan fingerprint density at radius 2 is 2.23 bits per heavy atom. The molecule has 1 aliphatic rings. The van der Waals surface area contributed by atoms with Crippen LogP contribution < -0.4 is 4.74 Å². The van der Waals surface area contributed by atoms with E-state index < -0.39 is 0 Å². The van der Waals surface area contributed by atoms with E-state index in [1.807, 2.05) is 18.2 Å². The maximum atomic E-state index is 12.5. The molecule has 1 N–H and O–H groups in total. The van der Waals surface area contributed by atoms with Gasteiger partial charge in [0.2, 0.25) is 0 Å². The number of rotatable bonds is 2. The average molecular weight is 319 g/mol. The highest BCUT2D eigenvalue weighted by Crippen LogP contribution is 2.25. The summed E-state index contributed by atoms with van der Waals surface area (Å²) in [5.74, 6) is 0.582. The molecule has 0 radical (unpaired) electrons. The first-order valence-electron chi connectivity index (χ1n) is 6.93. The molecule has 1 aromatic heterocycles. The second-order valence-corrected chi connectivity index (χ2v) is 5.47. The zero-order valence-corrected chi connectivity index (χ0v) is 12.6. The van der Waals surface area contributed by atoms with E-state index in [4.69, 9.17) is 16.3 Å². The normalized spacial score (nSPS) is 14.0. The maximum Gasteiger partial charge on any atom is 0.272 e. The van der Waals surface area contributed by atoms with Gasteiger partial charge in [-0.2, -0.15) is 0 Å². The van der Waals surface area contributed by atoms with Crippen LogP contribution in [-0.4, -0.2) is 34.0 Å². The highest BCUT2D eigenvalue weighted by Gasteiger charge is 2.22. The molecule has 0 saturated heterocycles. The van der Waals surface area contributed by atoms with Crippen LogP contribution in [0.15, 0.2) is 36.5 Å². The van der Waals surface area contributed by atoms with Crippen LogP contribution in [0.5, 0.6) is 5.75 Å². The highest BCUT2D eigenvalue weighted by molar-refractivity contribution is 6.30. The van der Waals surface area contributed by atoms with Gasteiger partial charge in [-0.25, -0.2) is 4.98 Å². The van der Waals surface area contributed by atoms with Crippen LogP contribution in [-0.2, 0) is 13.2 Å². The number of aliphatic hydroxyl groups excluding tert-OH is 1. The molecule has 1 amide bonds. The lowest BCUT2D eigenvalue weighted by Gasteiger charge is -2.19. The van der Waals surface area contributed by atoms with E-state index in [-0.39, 0.29) is 12.5 Å². The predicted molar refractivity (Wildman–Crippen MR) is 81.8 cm³/mol.